The van der Waals surface area contributed by atoms with Crippen molar-refractivity contribution < 1.29 is 5.11 Å². The van der Waals surface area contributed by atoms with Crippen molar-refractivity contribution in [3.8, 4) is 5.75 Å². The van der Waals surface area contributed by atoms with Gasteiger partial charge in [0.05, 0.1) is 0 Å². The SMILES string of the molecule is C/C=C\c1cccc(/C=C\C)c1O. The molecule has 1 aromatic rings. The Hall–Kier alpha value is -1.50. The summed E-state index contributed by atoms with van der Waals surface area (Å²) in [5.41, 5.74) is 1.72. The molecule has 0 aromatic heterocycles. The lowest BCUT2D eigenvalue weighted by Gasteiger charge is -2.02. The first-order chi connectivity index (χ1) is 6.29. The summed E-state index contributed by atoms with van der Waals surface area (Å²) in [5, 5.41) is 9.75. The summed E-state index contributed by atoms with van der Waals surface area (Å²) < 4.78 is 0. The molecule has 1 heteroatoms. The van der Waals surface area contributed by atoms with Crippen LogP contribution in [0.1, 0.15) is 25.0 Å². The number of para-hydroxylation sites is 1. The third-order valence-corrected chi connectivity index (χ3v) is 1.79. The van der Waals surface area contributed by atoms with Gasteiger partial charge in [-0.15, -0.1) is 0 Å². The average Bonchev–Trinajstić information content (AvgIpc) is 2.13. The van der Waals surface area contributed by atoms with E-state index < -0.39 is 0 Å². The molecule has 68 valence electrons. The molecule has 0 fully saturated rings. The van der Waals surface area contributed by atoms with Gasteiger partial charge in [-0.2, -0.15) is 0 Å². The van der Waals surface area contributed by atoms with Gasteiger partial charge in [0.2, 0.25) is 0 Å². The Morgan fingerprint density at radius 2 is 1.46 bits per heavy atom. The number of allylic oxidation sites excluding steroid dienone is 2. The zero-order valence-corrected chi connectivity index (χ0v) is 7.99. The van der Waals surface area contributed by atoms with E-state index in [1.807, 2.05) is 56.4 Å². The Morgan fingerprint density at radius 3 is 1.85 bits per heavy atom. The van der Waals surface area contributed by atoms with Crippen molar-refractivity contribution in [3.05, 3.63) is 41.5 Å². The fraction of sp³-hybridized carbons (Fsp3) is 0.167. The van der Waals surface area contributed by atoms with Gasteiger partial charge in [0.1, 0.15) is 5.75 Å². The van der Waals surface area contributed by atoms with Crippen molar-refractivity contribution in [2.45, 2.75) is 13.8 Å². The number of rotatable bonds is 2. The van der Waals surface area contributed by atoms with Gasteiger partial charge < -0.3 is 5.11 Å². The number of hydrogen-bond acceptors (Lipinski definition) is 1. The molecule has 1 nitrogen and oxygen atoms in total. The Kier molecular flexibility index (Phi) is 3.32. The maximum absolute atomic E-state index is 9.75. The summed E-state index contributed by atoms with van der Waals surface area (Å²) in [4.78, 5) is 0. The van der Waals surface area contributed by atoms with E-state index in [2.05, 4.69) is 0 Å². The summed E-state index contributed by atoms with van der Waals surface area (Å²) in [6.45, 7) is 3.86. The summed E-state index contributed by atoms with van der Waals surface area (Å²) >= 11 is 0. The second kappa shape index (κ2) is 4.51. The minimum absolute atomic E-state index is 0.346. The number of phenols is 1. The third kappa shape index (κ3) is 2.22. The third-order valence-electron chi connectivity index (χ3n) is 1.79. The van der Waals surface area contributed by atoms with Gasteiger partial charge in [-0.1, -0.05) is 42.5 Å². The van der Waals surface area contributed by atoms with E-state index in [4.69, 9.17) is 0 Å². The first kappa shape index (κ1) is 9.59. The van der Waals surface area contributed by atoms with Crippen LogP contribution in [0, 0.1) is 0 Å². The van der Waals surface area contributed by atoms with E-state index in [0.29, 0.717) is 5.75 Å². The highest BCUT2D eigenvalue weighted by Gasteiger charge is 2.00. The van der Waals surface area contributed by atoms with Gasteiger partial charge >= 0.3 is 0 Å². The number of benzene rings is 1. The summed E-state index contributed by atoms with van der Waals surface area (Å²) in [7, 11) is 0. The predicted octanol–water partition coefficient (Wildman–Crippen LogP) is 3.46. The predicted molar refractivity (Wildman–Crippen MR) is 57.5 cm³/mol. The molecule has 0 unspecified atom stereocenters. The maximum Gasteiger partial charge on any atom is 0.129 e. The van der Waals surface area contributed by atoms with E-state index in [1.165, 1.54) is 0 Å². The van der Waals surface area contributed by atoms with Gasteiger partial charge in [0, 0.05) is 11.1 Å². The largest absolute Gasteiger partial charge is 0.507 e. The lowest BCUT2D eigenvalue weighted by Crippen LogP contribution is -1.78. The van der Waals surface area contributed by atoms with Gasteiger partial charge in [-0.25, -0.2) is 0 Å². The summed E-state index contributed by atoms with van der Waals surface area (Å²) in [6.07, 6.45) is 7.60. The van der Waals surface area contributed by atoms with Crippen LogP contribution in [0.15, 0.2) is 30.4 Å². The molecule has 0 bridgehead atoms. The molecule has 1 rings (SSSR count). The van der Waals surface area contributed by atoms with Crippen LogP contribution >= 0.6 is 0 Å². The highest BCUT2D eigenvalue weighted by atomic mass is 16.3. The Morgan fingerprint density at radius 1 is 1.00 bits per heavy atom. The van der Waals surface area contributed by atoms with Crippen molar-refractivity contribution in [2.24, 2.45) is 0 Å². The second-order valence-corrected chi connectivity index (χ2v) is 2.79. The average molecular weight is 174 g/mol. The topological polar surface area (TPSA) is 20.2 Å². The number of aromatic hydroxyl groups is 1. The maximum atomic E-state index is 9.75. The molecule has 0 spiro atoms. The Bertz CT molecular complexity index is 305. The molecular weight excluding hydrogens is 160 g/mol. The van der Waals surface area contributed by atoms with Gasteiger partial charge in [-0.05, 0) is 13.8 Å². The Balaban J connectivity index is 3.17. The van der Waals surface area contributed by atoms with Crippen LogP contribution in [0.5, 0.6) is 5.75 Å². The lowest BCUT2D eigenvalue weighted by atomic mass is 10.1. The highest BCUT2D eigenvalue weighted by Crippen LogP contribution is 2.24. The van der Waals surface area contributed by atoms with Crippen molar-refractivity contribution >= 4 is 12.2 Å². The van der Waals surface area contributed by atoms with Gasteiger partial charge in [-0.3, -0.25) is 0 Å². The smallest absolute Gasteiger partial charge is 0.129 e. The van der Waals surface area contributed by atoms with Crippen LogP contribution in [0.4, 0.5) is 0 Å². The fourth-order valence-electron chi connectivity index (χ4n) is 1.21. The summed E-state index contributed by atoms with van der Waals surface area (Å²) in [6, 6.07) is 5.72. The molecule has 0 radical (unpaired) electrons. The molecule has 0 aliphatic heterocycles. The lowest BCUT2D eigenvalue weighted by molar-refractivity contribution is 0.473. The molecule has 13 heavy (non-hydrogen) atoms. The van der Waals surface area contributed by atoms with Crippen LogP contribution in [0.2, 0.25) is 0 Å². The van der Waals surface area contributed by atoms with Gasteiger partial charge in [0.25, 0.3) is 0 Å². The van der Waals surface area contributed by atoms with Gasteiger partial charge in [0.15, 0.2) is 0 Å². The molecule has 0 saturated heterocycles. The van der Waals surface area contributed by atoms with Crippen LogP contribution in [0.3, 0.4) is 0 Å². The molecule has 0 amide bonds. The molecule has 0 atom stereocenters. The highest BCUT2D eigenvalue weighted by molar-refractivity contribution is 5.66. The summed E-state index contributed by atoms with van der Waals surface area (Å²) in [5.74, 6) is 0.346. The van der Waals surface area contributed by atoms with E-state index in [9.17, 15) is 5.11 Å². The number of hydrogen-bond donors (Lipinski definition) is 1. The molecule has 0 aliphatic rings. The van der Waals surface area contributed by atoms with Crippen LogP contribution in [0.25, 0.3) is 12.2 Å². The fourth-order valence-corrected chi connectivity index (χ4v) is 1.21. The molecule has 0 aliphatic carbocycles. The van der Waals surface area contributed by atoms with Crippen molar-refractivity contribution in [2.75, 3.05) is 0 Å². The zero-order chi connectivity index (χ0) is 9.68. The van der Waals surface area contributed by atoms with Crippen LogP contribution in [-0.4, -0.2) is 5.11 Å². The molecule has 0 saturated carbocycles. The molecule has 1 N–H and O–H groups in total. The molecular formula is C12H14O. The van der Waals surface area contributed by atoms with Crippen LogP contribution in [-0.2, 0) is 0 Å². The standard InChI is InChI=1S/C12H14O/c1-3-6-10-8-5-9-11(7-4-2)12(10)13/h3-9,13H,1-2H3/b6-3-,7-4-. The first-order valence-corrected chi connectivity index (χ1v) is 4.37. The van der Waals surface area contributed by atoms with E-state index in [-0.39, 0.29) is 0 Å². The molecule has 1 aromatic carbocycles. The van der Waals surface area contributed by atoms with Crippen molar-refractivity contribution in [1.29, 1.82) is 0 Å². The Labute approximate surface area is 79.0 Å². The first-order valence-electron chi connectivity index (χ1n) is 4.37. The normalized spacial score (nSPS) is 11.5. The number of phenolic OH excluding ortho intramolecular Hbond substituents is 1. The van der Waals surface area contributed by atoms with Crippen molar-refractivity contribution in [1.82, 2.24) is 0 Å². The minimum Gasteiger partial charge on any atom is -0.507 e. The monoisotopic (exact) mass is 174 g/mol. The van der Waals surface area contributed by atoms with E-state index in [1.54, 1.807) is 0 Å². The van der Waals surface area contributed by atoms with Crippen LogP contribution < -0.4 is 0 Å². The quantitative estimate of drug-likeness (QED) is 0.728. The molecule has 0 heterocycles. The minimum atomic E-state index is 0.346. The van der Waals surface area contributed by atoms with E-state index in [0.717, 1.165) is 11.1 Å². The zero-order valence-electron chi connectivity index (χ0n) is 7.99. The van der Waals surface area contributed by atoms with E-state index >= 15 is 0 Å². The van der Waals surface area contributed by atoms with Crippen molar-refractivity contribution in [3.63, 3.8) is 0 Å². The second-order valence-electron chi connectivity index (χ2n) is 2.79.